The van der Waals surface area contributed by atoms with E-state index in [2.05, 4.69) is 17.4 Å². The lowest BCUT2D eigenvalue weighted by atomic mass is 9.77. The van der Waals surface area contributed by atoms with E-state index in [0.29, 0.717) is 5.92 Å². The Morgan fingerprint density at radius 1 is 1.33 bits per heavy atom. The van der Waals surface area contributed by atoms with Crippen molar-refractivity contribution in [3.8, 4) is 0 Å². The van der Waals surface area contributed by atoms with Gasteiger partial charge in [-0.05, 0) is 31.2 Å². The Bertz CT molecular complexity index is 377. The van der Waals surface area contributed by atoms with Crippen molar-refractivity contribution in [3.05, 3.63) is 35.9 Å². The van der Waals surface area contributed by atoms with E-state index in [0.717, 1.165) is 0 Å². The highest BCUT2D eigenvalue weighted by Crippen LogP contribution is 2.37. The van der Waals surface area contributed by atoms with Crippen molar-refractivity contribution < 1.29 is 4.79 Å². The molecule has 100 valence electrons. The van der Waals surface area contributed by atoms with E-state index in [1.807, 2.05) is 18.2 Å². The van der Waals surface area contributed by atoms with Crippen molar-refractivity contribution in [1.29, 1.82) is 0 Å². The lowest BCUT2D eigenvalue weighted by Gasteiger charge is -2.35. The van der Waals surface area contributed by atoms with Gasteiger partial charge in [0.2, 0.25) is 5.91 Å². The average molecular weight is 269 g/mol. The zero-order valence-electron chi connectivity index (χ0n) is 10.6. The summed E-state index contributed by atoms with van der Waals surface area (Å²) in [6, 6.07) is 9.85. The first-order valence-electron chi connectivity index (χ1n) is 6.29. The predicted molar refractivity (Wildman–Crippen MR) is 75.6 cm³/mol. The second kappa shape index (κ2) is 6.76. The molecule has 2 rings (SSSR count). The molecule has 3 N–H and O–H groups in total. The van der Waals surface area contributed by atoms with Crippen LogP contribution in [-0.2, 0) is 4.79 Å². The fraction of sp³-hybridized carbons (Fsp3) is 0.500. The molecule has 0 aromatic heterocycles. The standard InChI is InChI=1S/C14H20N2O.ClH/c1-10(15)14(17)16-13(12-8-5-9-12)11-6-3-2-4-7-11;/h2-4,6-7,10,12-13H,5,8-9,15H2,1H3,(H,16,17);1H/t10-,13?;/m1./s1. The van der Waals surface area contributed by atoms with Gasteiger partial charge in [-0.3, -0.25) is 4.79 Å². The van der Waals surface area contributed by atoms with Gasteiger partial charge >= 0.3 is 0 Å². The van der Waals surface area contributed by atoms with Crippen LogP contribution in [0.4, 0.5) is 0 Å². The van der Waals surface area contributed by atoms with Crippen molar-refractivity contribution in [2.45, 2.75) is 38.3 Å². The number of hydrogen-bond donors (Lipinski definition) is 2. The minimum atomic E-state index is -0.443. The number of nitrogens with two attached hydrogens (primary N) is 1. The van der Waals surface area contributed by atoms with Crippen LogP contribution in [0.25, 0.3) is 0 Å². The number of rotatable bonds is 4. The Morgan fingerprint density at radius 3 is 2.39 bits per heavy atom. The topological polar surface area (TPSA) is 55.1 Å². The number of amides is 1. The molecule has 1 aliphatic carbocycles. The van der Waals surface area contributed by atoms with Crippen molar-refractivity contribution in [3.63, 3.8) is 0 Å². The van der Waals surface area contributed by atoms with Gasteiger partial charge in [-0.2, -0.15) is 0 Å². The minimum Gasteiger partial charge on any atom is -0.348 e. The SMILES string of the molecule is C[C@@H](N)C(=O)NC(c1ccccc1)C1CCC1.Cl. The molecule has 1 aromatic rings. The zero-order valence-corrected chi connectivity index (χ0v) is 11.5. The van der Waals surface area contributed by atoms with E-state index in [1.165, 1.54) is 24.8 Å². The van der Waals surface area contributed by atoms with E-state index < -0.39 is 6.04 Å². The Morgan fingerprint density at radius 2 is 1.94 bits per heavy atom. The van der Waals surface area contributed by atoms with Gasteiger partial charge in [-0.1, -0.05) is 36.8 Å². The van der Waals surface area contributed by atoms with Crippen molar-refractivity contribution in [2.24, 2.45) is 11.7 Å². The van der Waals surface area contributed by atoms with E-state index in [9.17, 15) is 4.79 Å². The highest BCUT2D eigenvalue weighted by molar-refractivity contribution is 5.85. The summed E-state index contributed by atoms with van der Waals surface area (Å²) in [6.45, 7) is 1.72. The largest absolute Gasteiger partial charge is 0.348 e. The first kappa shape index (κ1) is 15.0. The summed E-state index contributed by atoms with van der Waals surface area (Å²) in [6.07, 6.45) is 3.65. The van der Waals surface area contributed by atoms with Crippen LogP contribution in [-0.4, -0.2) is 11.9 Å². The van der Waals surface area contributed by atoms with Gasteiger partial charge in [-0.25, -0.2) is 0 Å². The third-order valence-corrected chi connectivity index (χ3v) is 3.49. The van der Waals surface area contributed by atoms with Crippen LogP contribution in [0.5, 0.6) is 0 Å². The number of nitrogens with one attached hydrogen (secondary N) is 1. The molecule has 0 radical (unpaired) electrons. The molecule has 1 amide bonds. The van der Waals surface area contributed by atoms with Crippen molar-refractivity contribution in [2.75, 3.05) is 0 Å². The highest BCUT2D eigenvalue weighted by Gasteiger charge is 2.30. The quantitative estimate of drug-likeness (QED) is 0.881. The molecular formula is C14H21ClN2O. The zero-order chi connectivity index (χ0) is 12.3. The molecule has 18 heavy (non-hydrogen) atoms. The molecule has 0 aliphatic heterocycles. The number of halogens is 1. The first-order valence-corrected chi connectivity index (χ1v) is 6.29. The molecular weight excluding hydrogens is 248 g/mol. The van der Waals surface area contributed by atoms with Crippen LogP contribution >= 0.6 is 12.4 Å². The number of benzene rings is 1. The summed E-state index contributed by atoms with van der Waals surface area (Å²) in [5.41, 5.74) is 6.80. The molecule has 0 heterocycles. The summed E-state index contributed by atoms with van der Waals surface area (Å²) < 4.78 is 0. The van der Waals surface area contributed by atoms with Crippen LogP contribution in [0, 0.1) is 5.92 Å². The second-order valence-electron chi connectivity index (χ2n) is 4.88. The third-order valence-electron chi connectivity index (χ3n) is 3.49. The Hall–Kier alpha value is -1.06. The molecule has 1 fully saturated rings. The van der Waals surface area contributed by atoms with Gasteiger partial charge < -0.3 is 11.1 Å². The number of carbonyl (C=O) groups excluding carboxylic acids is 1. The fourth-order valence-corrected chi connectivity index (χ4v) is 2.19. The monoisotopic (exact) mass is 268 g/mol. The van der Waals surface area contributed by atoms with Crippen LogP contribution in [0.15, 0.2) is 30.3 Å². The highest BCUT2D eigenvalue weighted by atomic mass is 35.5. The smallest absolute Gasteiger partial charge is 0.237 e. The maximum Gasteiger partial charge on any atom is 0.237 e. The number of carbonyl (C=O) groups is 1. The van der Waals surface area contributed by atoms with Gasteiger partial charge in [0, 0.05) is 0 Å². The molecule has 1 aliphatic rings. The van der Waals surface area contributed by atoms with Gasteiger partial charge in [0.05, 0.1) is 12.1 Å². The van der Waals surface area contributed by atoms with Crippen LogP contribution < -0.4 is 11.1 Å². The van der Waals surface area contributed by atoms with E-state index in [-0.39, 0.29) is 24.4 Å². The molecule has 0 spiro atoms. The normalized spacial score (nSPS) is 18.1. The molecule has 2 atom stereocenters. The number of hydrogen-bond acceptors (Lipinski definition) is 2. The van der Waals surface area contributed by atoms with Crippen LogP contribution in [0.1, 0.15) is 37.8 Å². The van der Waals surface area contributed by atoms with Crippen molar-refractivity contribution in [1.82, 2.24) is 5.32 Å². The molecule has 3 nitrogen and oxygen atoms in total. The summed E-state index contributed by atoms with van der Waals surface area (Å²) in [7, 11) is 0. The average Bonchev–Trinajstić information content (AvgIpc) is 2.26. The lowest BCUT2D eigenvalue weighted by molar-refractivity contribution is -0.123. The Balaban J connectivity index is 0.00000162. The van der Waals surface area contributed by atoms with Gasteiger partial charge in [0.15, 0.2) is 0 Å². The molecule has 1 aromatic carbocycles. The maximum atomic E-state index is 11.7. The van der Waals surface area contributed by atoms with Gasteiger partial charge in [0.25, 0.3) is 0 Å². The molecule has 4 heteroatoms. The summed E-state index contributed by atoms with van der Waals surface area (Å²) in [5, 5.41) is 3.07. The van der Waals surface area contributed by atoms with E-state index in [1.54, 1.807) is 6.92 Å². The van der Waals surface area contributed by atoms with E-state index in [4.69, 9.17) is 5.73 Å². The van der Waals surface area contributed by atoms with Gasteiger partial charge in [-0.15, -0.1) is 12.4 Å². The van der Waals surface area contributed by atoms with Crippen molar-refractivity contribution >= 4 is 18.3 Å². The Kier molecular flexibility index (Phi) is 5.63. The lowest BCUT2D eigenvalue weighted by Crippen LogP contribution is -2.43. The second-order valence-corrected chi connectivity index (χ2v) is 4.88. The summed E-state index contributed by atoms with van der Waals surface area (Å²) in [4.78, 5) is 11.7. The van der Waals surface area contributed by atoms with Crippen LogP contribution in [0.2, 0.25) is 0 Å². The minimum absolute atomic E-state index is 0. The molecule has 1 unspecified atom stereocenters. The van der Waals surface area contributed by atoms with Crippen LogP contribution in [0.3, 0.4) is 0 Å². The van der Waals surface area contributed by atoms with E-state index >= 15 is 0 Å². The molecule has 1 saturated carbocycles. The maximum absolute atomic E-state index is 11.7. The summed E-state index contributed by atoms with van der Waals surface area (Å²) in [5.74, 6) is 0.505. The third kappa shape index (κ3) is 3.47. The fourth-order valence-electron chi connectivity index (χ4n) is 2.19. The first-order chi connectivity index (χ1) is 8.18. The molecule has 0 bridgehead atoms. The van der Waals surface area contributed by atoms with Gasteiger partial charge in [0.1, 0.15) is 0 Å². The Labute approximate surface area is 115 Å². The predicted octanol–water partition coefficient (Wildman–Crippen LogP) is 2.41. The molecule has 0 saturated heterocycles. The summed E-state index contributed by atoms with van der Waals surface area (Å²) >= 11 is 0.